The van der Waals surface area contributed by atoms with Gasteiger partial charge >= 0.3 is 0 Å². The van der Waals surface area contributed by atoms with Crippen molar-refractivity contribution in [3.8, 4) is 0 Å². The molecule has 0 aliphatic carbocycles. The van der Waals surface area contributed by atoms with Crippen molar-refractivity contribution in [3.05, 3.63) is 0 Å². The van der Waals surface area contributed by atoms with Gasteiger partial charge in [0, 0.05) is 6.42 Å². The van der Waals surface area contributed by atoms with E-state index in [0.29, 0.717) is 5.54 Å². The lowest BCUT2D eigenvalue weighted by Crippen LogP contribution is -2.63. The topological polar surface area (TPSA) is 0 Å². The van der Waals surface area contributed by atoms with Gasteiger partial charge in [-0.2, -0.15) is 0 Å². The van der Waals surface area contributed by atoms with Gasteiger partial charge < -0.3 is 4.48 Å². The molecule has 0 aromatic rings. The summed E-state index contributed by atoms with van der Waals surface area (Å²) in [6.45, 7) is 18.5. The fourth-order valence-electron chi connectivity index (χ4n) is 3.91. The summed E-state index contributed by atoms with van der Waals surface area (Å²) >= 11 is 0. The van der Waals surface area contributed by atoms with Gasteiger partial charge in [-0.25, -0.2) is 0 Å². The minimum absolute atomic E-state index is 0.492. The molecule has 0 saturated carbocycles. The molecule has 0 aromatic heterocycles. The van der Waals surface area contributed by atoms with E-state index in [1.807, 2.05) is 0 Å². The van der Waals surface area contributed by atoms with Crippen LogP contribution in [0.5, 0.6) is 0 Å². The van der Waals surface area contributed by atoms with Crippen LogP contribution in [-0.4, -0.2) is 29.7 Å². The zero-order valence-corrected chi connectivity index (χ0v) is 14.7. The molecule has 1 nitrogen and oxygen atoms in total. The lowest BCUT2D eigenvalue weighted by atomic mass is 9.86. The van der Waals surface area contributed by atoms with Crippen molar-refractivity contribution in [1.29, 1.82) is 0 Å². The molecule has 0 N–H and O–H groups in total. The minimum atomic E-state index is 0.492. The molecule has 0 amide bonds. The predicted molar refractivity (Wildman–Crippen MR) is 88.6 cm³/mol. The van der Waals surface area contributed by atoms with Gasteiger partial charge in [0.15, 0.2) is 0 Å². The van der Waals surface area contributed by atoms with Crippen molar-refractivity contribution in [2.45, 2.75) is 98.4 Å². The third-order valence-corrected chi connectivity index (χ3v) is 5.39. The van der Waals surface area contributed by atoms with Crippen LogP contribution in [0.25, 0.3) is 0 Å². The van der Waals surface area contributed by atoms with Crippen LogP contribution >= 0.6 is 0 Å². The molecule has 0 aliphatic rings. The first kappa shape index (κ1) is 19.0. The van der Waals surface area contributed by atoms with Gasteiger partial charge in [-0.15, -0.1) is 0 Å². The molecule has 0 saturated heterocycles. The van der Waals surface area contributed by atoms with E-state index in [2.05, 4.69) is 41.5 Å². The first-order valence-corrected chi connectivity index (χ1v) is 8.91. The highest BCUT2D eigenvalue weighted by Gasteiger charge is 2.42. The quantitative estimate of drug-likeness (QED) is 0.311. The molecule has 0 spiro atoms. The fraction of sp³-hybridized carbons (Fsp3) is 1.00. The van der Waals surface area contributed by atoms with Crippen LogP contribution in [0.3, 0.4) is 0 Å². The Balaban J connectivity index is 4.90. The smallest absolute Gasteiger partial charge is 0.0961 e. The van der Waals surface area contributed by atoms with Gasteiger partial charge in [0.1, 0.15) is 0 Å². The Morgan fingerprint density at radius 2 is 1.42 bits per heavy atom. The number of hydrogen-bond acceptors (Lipinski definition) is 0. The van der Waals surface area contributed by atoms with Crippen LogP contribution in [0.15, 0.2) is 0 Å². The number of quaternary nitrogens is 1. The van der Waals surface area contributed by atoms with Crippen molar-refractivity contribution in [2.24, 2.45) is 0 Å². The van der Waals surface area contributed by atoms with E-state index in [-0.39, 0.29) is 0 Å². The highest BCUT2D eigenvalue weighted by atomic mass is 15.4. The van der Waals surface area contributed by atoms with E-state index in [9.17, 15) is 0 Å². The van der Waals surface area contributed by atoms with E-state index in [1.165, 1.54) is 75.5 Å². The molecule has 2 unspecified atom stereocenters. The molecule has 116 valence electrons. The largest absolute Gasteiger partial charge is 0.319 e. The summed E-state index contributed by atoms with van der Waals surface area (Å²) in [4.78, 5) is 0. The zero-order valence-electron chi connectivity index (χ0n) is 14.7. The Hall–Kier alpha value is -0.0400. The van der Waals surface area contributed by atoms with Crippen molar-refractivity contribution in [2.75, 3.05) is 19.6 Å². The van der Waals surface area contributed by atoms with Crippen molar-refractivity contribution >= 4 is 0 Å². The molecule has 19 heavy (non-hydrogen) atoms. The number of nitrogens with zero attached hydrogens (tertiary/aromatic N) is 1. The second-order valence-corrected chi connectivity index (χ2v) is 6.57. The highest BCUT2D eigenvalue weighted by Crippen LogP contribution is 2.34. The number of rotatable bonds is 12. The van der Waals surface area contributed by atoms with Crippen LogP contribution in [0.1, 0.15) is 92.9 Å². The van der Waals surface area contributed by atoms with E-state index < -0.39 is 0 Å². The van der Waals surface area contributed by atoms with Gasteiger partial charge in [0.05, 0.1) is 25.2 Å². The maximum Gasteiger partial charge on any atom is 0.0961 e. The van der Waals surface area contributed by atoms with Crippen LogP contribution in [0.4, 0.5) is 0 Å². The van der Waals surface area contributed by atoms with E-state index in [1.54, 1.807) is 0 Å². The van der Waals surface area contributed by atoms with Crippen molar-refractivity contribution < 1.29 is 4.48 Å². The van der Waals surface area contributed by atoms with Crippen molar-refractivity contribution in [3.63, 3.8) is 0 Å². The van der Waals surface area contributed by atoms with Crippen LogP contribution in [0.2, 0.25) is 0 Å². The second-order valence-electron chi connectivity index (χ2n) is 6.57. The third-order valence-electron chi connectivity index (χ3n) is 5.39. The Kier molecular flexibility index (Phi) is 9.78. The summed E-state index contributed by atoms with van der Waals surface area (Å²) in [6, 6.07) is 0. The molecular formula is C18H40N+. The van der Waals surface area contributed by atoms with Crippen LogP contribution in [-0.2, 0) is 0 Å². The number of unbranched alkanes of at least 4 members (excludes halogenated alkanes) is 3. The first-order chi connectivity index (χ1) is 9.05. The van der Waals surface area contributed by atoms with Gasteiger partial charge in [0.2, 0.25) is 0 Å². The van der Waals surface area contributed by atoms with Crippen molar-refractivity contribution in [1.82, 2.24) is 0 Å². The lowest BCUT2D eigenvalue weighted by Gasteiger charge is -2.52. The van der Waals surface area contributed by atoms with Crippen LogP contribution in [0, 0.1) is 0 Å². The summed E-state index contributed by atoms with van der Waals surface area (Å²) < 4.78 is 1.36. The average molecular weight is 271 g/mol. The van der Waals surface area contributed by atoms with Gasteiger partial charge in [-0.3, -0.25) is 0 Å². The molecule has 0 rings (SSSR count). The van der Waals surface area contributed by atoms with Gasteiger partial charge in [0.25, 0.3) is 0 Å². The highest BCUT2D eigenvalue weighted by molar-refractivity contribution is 4.75. The van der Waals surface area contributed by atoms with Gasteiger partial charge in [-0.05, 0) is 39.5 Å². The Morgan fingerprint density at radius 3 is 1.84 bits per heavy atom. The average Bonchev–Trinajstić information content (AvgIpc) is 2.42. The van der Waals surface area contributed by atoms with E-state index >= 15 is 0 Å². The summed E-state index contributed by atoms with van der Waals surface area (Å²) in [6.07, 6.45) is 10.9. The summed E-state index contributed by atoms with van der Waals surface area (Å²) in [7, 11) is 0. The maximum atomic E-state index is 2.55. The summed E-state index contributed by atoms with van der Waals surface area (Å²) in [5, 5.41) is 0. The van der Waals surface area contributed by atoms with Gasteiger partial charge in [-0.1, -0.05) is 47.0 Å². The monoisotopic (exact) mass is 270 g/mol. The molecule has 0 aliphatic heterocycles. The molecule has 0 heterocycles. The minimum Gasteiger partial charge on any atom is -0.319 e. The Labute approximate surface area is 123 Å². The second kappa shape index (κ2) is 9.80. The normalized spacial score (nSPS) is 18.0. The Morgan fingerprint density at radius 1 is 0.737 bits per heavy atom. The fourth-order valence-corrected chi connectivity index (χ4v) is 3.91. The molecule has 0 fully saturated rings. The standard InChI is InChI=1S/C18H40N/c1-7-12-13-14-17-19(11-5,16-9-3)18(6,10-4)15-8-2/h7-17H2,1-6H3/q+1. The molecule has 1 heteroatoms. The maximum absolute atomic E-state index is 2.55. The molecular weight excluding hydrogens is 230 g/mol. The zero-order chi connectivity index (χ0) is 14.8. The predicted octanol–water partition coefficient (Wildman–Crippen LogP) is 5.78. The first-order valence-electron chi connectivity index (χ1n) is 8.91. The Bertz CT molecular complexity index is 214. The molecule has 0 bridgehead atoms. The summed E-state index contributed by atoms with van der Waals surface area (Å²) in [5.41, 5.74) is 0.492. The lowest BCUT2D eigenvalue weighted by molar-refractivity contribution is -0.974. The molecule has 0 aromatic carbocycles. The van der Waals surface area contributed by atoms with E-state index in [4.69, 9.17) is 0 Å². The van der Waals surface area contributed by atoms with Crippen LogP contribution < -0.4 is 0 Å². The summed E-state index contributed by atoms with van der Waals surface area (Å²) in [5.74, 6) is 0. The SMILES string of the molecule is CCCCCC[N+](CC)(CCC)C(C)(CC)CCC. The number of hydrogen-bond donors (Lipinski definition) is 0. The molecule has 2 atom stereocenters. The van der Waals surface area contributed by atoms with E-state index in [0.717, 1.165) is 0 Å². The third kappa shape index (κ3) is 5.10. The molecule has 0 radical (unpaired) electrons.